The molecular formula is C23H25F2NO4. The van der Waals surface area contributed by atoms with E-state index in [4.69, 9.17) is 9.47 Å². The summed E-state index contributed by atoms with van der Waals surface area (Å²) in [7, 11) is 1.48. The lowest BCUT2D eigenvalue weighted by atomic mass is 9.85. The maximum atomic E-state index is 13.1. The largest absolute Gasteiger partial charge is 0.504 e. The molecule has 1 aliphatic rings. The van der Waals surface area contributed by atoms with Gasteiger partial charge in [0, 0.05) is 0 Å². The van der Waals surface area contributed by atoms with E-state index in [2.05, 4.69) is 11.9 Å². The molecule has 0 aliphatic heterocycles. The molecule has 0 unspecified atom stereocenters. The summed E-state index contributed by atoms with van der Waals surface area (Å²) in [5.74, 6) is -0.106. The smallest absolute Gasteiger partial charge is 0.387 e. The summed E-state index contributed by atoms with van der Waals surface area (Å²) < 4.78 is 36.1. The number of anilines is 1. The fourth-order valence-electron chi connectivity index (χ4n) is 3.89. The molecule has 0 fully saturated rings. The monoisotopic (exact) mass is 417 g/mol. The molecule has 0 saturated carbocycles. The van der Waals surface area contributed by atoms with E-state index in [1.165, 1.54) is 7.11 Å². The van der Waals surface area contributed by atoms with Gasteiger partial charge in [-0.3, -0.25) is 4.79 Å². The van der Waals surface area contributed by atoms with Crippen molar-refractivity contribution in [2.24, 2.45) is 0 Å². The number of phenolic OH excluding ortho intramolecular Hbond substituents is 1. The summed E-state index contributed by atoms with van der Waals surface area (Å²) in [5.41, 5.74) is 4.03. The number of aromatic hydroxyl groups is 1. The summed E-state index contributed by atoms with van der Waals surface area (Å²) in [6, 6.07) is 6.70. The highest BCUT2D eigenvalue weighted by atomic mass is 19.3. The van der Waals surface area contributed by atoms with E-state index in [0.717, 1.165) is 54.0 Å². The Morgan fingerprint density at radius 1 is 1.23 bits per heavy atom. The summed E-state index contributed by atoms with van der Waals surface area (Å²) in [6.07, 6.45) is 5.74. The van der Waals surface area contributed by atoms with Crippen LogP contribution in [0.3, 0.4) is 0 Å². The first-order valence-electron chi connectivity index (χ1n) is 9.84. The number of carbonyl (C=O) groups is 1. The normalized spacial score (nSPS) is 12.9. The van der Waals surface area contributed by atoms with Crippen LogP contribution in [0.15, 0.2) is 36.9 Å². The quantitative estimate of drug-likeness (QED) is 0.606. The summed E-state index contributed by atoms with van der Waals surface area (Å²) >= 11 is 0. The minimum absolute atomic E-state index is 0.0286. The van der Waals surface area contributed by atoms with Gasteiger partial charge in [0.25, 0.3) is 0 Å². The second-order valence-corrected chi connectivity index (χ2v) is 7.15. The molecule has 2 aromatic carbocycles. The number of halogens is 2. The van der Waals surface area contributed by atoms with E-state index in [1.807, 2.05) is 0 Å². The van der Waals surface area contributed by atoms with Crippen LogP contribution < -0.4 is 14.8 Å². The van der Waals surface area contributed by atoms with Gasteiger partial charge < -0.3 is 19.9 Å². The molecule has 0 saturated heterocycles. The van der Waals surface area contributed by atoms with Crippen LogP contribution in [0, 0.1) is 0 Å². The Labute approximate surface area is 174 Å². The maximum Gasteiger partial charge on any atom is 0.387 e. The number of fused-ring (bicyclic) bond motifs is 1. The maximum absolute atomic E-state index is 13.1. The van der Waals surface area contributed by atoms with E-state index in [0.29, 0.717) is 18.6 Å². The Kier molecular flexibility index (Phi) is 6.92. The van der Waals surface area contributed by atoms with Gasteiger partial charge in [0.15, 0.2) is 11.5 Å². The van der Waals surface area contributed by atoms with Crippen LogP contribution in [0.4, 0.5) is 14.5 Å². The standard InChI is InChI=1S/C23H25F2NO4/c1-3-21(28)26-22-17(10-8-14-9-11-18(27)19(12-14)29-2)16-7-5-4-6-15(16)13-20(22)30-23(24)25/h3,9,11-13,23,27H,1,4-8,10H2,2H3,(H,26,28). The molecule has 0 heterocycles. The molecule has 0 radical (unpaired) electrons. The van der Waals surface area contributed by atoms with Crippen molar-refractivity contribution in [1.29, 1.82) is 0 Å². The number of hydrogen-bond donors (Lipinski definition) is 2. The first-order chi connectivity index (χ1) is 14.4. The minimum Gasteiger partial charge on any atom is -0.504 e. The molecular weight excluding hydrogens is 392 g/mol. The van der Waals surface area contributed by atoms with Crippen LogP contribution in [0.5, 0.6) is 17.2 Å². The van der Waals surface area contributed by atoms with Crippen molar-refractivity contribution in [1.82, 2.24) is 0 Å². The number of aryl methyl sites for hydroxylation is 2. The number of alkyl halides is 2. The van der Waals surface area contributed by atoms with Crippen molar-refractivity contribution in [3.8, 4) is 17.2 Å². The number of nitrogens with one attached hydrogen (secondary N) is 1. The lowest BCUT2D eigenvalue weighted by Crippen LogP contribution is -2.17. The SMILES string of the molecule is C=CC(=O)Nc1c(OC(F)F)cc2c(c1CCc1ccc(O)c(OC)c1)CCCC2. The molecule has 0 bridgehead atoms. The van der Waals surface area contributed by atoms with Gasteiger partial charge in [-0.2, -0.15) is 8.78 Å². The second kappa shape index (κ2) is 9.61. The van der Waals surface area contributed by atoms with E-state index >= 15 is 0 Å². The molecule has 2 aromatic rings. The minimum atomic E-state index is -3.00. The highest BCUT2D eigenvalue weighted by molar-refractivity contribution is 6.00. The summed E-state index contributed by atoms with van der Waals surface area (Å²) in [6.45, 7) is 0.447. The molecule has 1 aliphatic carbocycles. The van der Waals surface area contributed by atoms with Crippen LogP contribution in [0.2, 0.25) is 0 Å². The van der Waals surface area contributed by atoms with Crippen LogP contribution in [0.1, 0.15) is 35.1 Å². The van der Waals surface area contributed by atoms with E-state index < -0.39 is 12.5 Å². The van der Waals surface area contributed by atoms with Gasteiger partial charge in [0.05, 0.1) is 12.8 Å². The second-order valence-electron chi connectivity index (χ2n) is 7.15. The molecule has 160 valence electrons. The topological polar surface area (TPSA) is 67.8 Å². The Bertz CT molecular complexity index is 943. The number of methoxy groups -OCH3 is 1. The van der Waals surface area contributed by atoms with Gasteiger partial charge in [-0.15, -0.1) is 0 Å². The van der Waals surface area contributed by atoms with Crippen LogP contribution >= 0.6 is 0 Å². The number of carbonyl (C=O) groups excluding carboxylic acids is 1. The lowest BCUT2D eigenvalue weighted by molar-refractivity contribution is -0.112. The van der Waals surface area contributed by atoms with Gasteiger partial charge >= 0.3 is 6.61 Å². The number of ether oxygens (including phenoxy) is 2. The van der Waals surface area contributed by atoms with Gasteiger partial charge in [-0.05, 0) is 85.1 Å². The predicted octanol–water partition coefficient (Wildman–Crippen LogP) is 4.79. The fraction of sp³-hybridized carbons (Fsp3) is 0.348. The van der Waals surface area contributed by atoms with Gasteiger partial charge in [0.1, 0.15) is 5.75 Å². The average Bonchev–Trinajstić information content (AvgIpc) is 2.73. The first-order valence-corrected chi connectivity index (χ1v) is 9.84. The first kappa shape index (κ1) is 21.6. The molecule has 7 heteroatoms. The third kappa shape index (κ3) is 4.90. The van der Waals surface area contributed by atoms with Crippen molar-refractivity contribution in [3.05, 3.63) is 59.2 Å². The Balaban J connectivity index is 2.02. The molecule has 0 atom stereocenters. The van der Waals surface area contributed by atoms with E-state index in [-0.39, 0.29) is 17.2 Å². The third-order valence-corrected chi connectivity index (χ3v) is 5.29. The Morgan fingerprint density at radius 2 is 2.00 bits per heavy atom. The number of hydrogen-bond acceptors (Lipinski definition) is 4. The Hall–Kier alpha value is -3.09. The molecule has 2 N–H and O–H groups in total. The lowest BCUT2D eigenvalue weighted by Gasteiger charge is -2.25. The molecule has 5 nitrogen and oxygen atoms in total. The summed E-state index contributed by atoms with van der Waals surface area (Å²) in [4.78, 5) is 12.0. The zero-order valence-corrected chi connectivity index (χ0v) is 16.8. The molecule has 1 amide bonds. The van der Waals surface area contributed by atoms with Crippen LogP contribution in [-0.2, 0) is 30.5 Å². The highest BCUT2D eigenvalue weighted by Gasteiger charge is 2.23. The van der Waals surface area contributed by atoms with Crippen LogP contribution in [-0.4, -0.2) is 24.7 Å². The predicted molar refractivity (Wildman–Crippen MR) is 111 cm³/mol. The number of phenols is 1. The molecule has 0 aromatic heterocycles. The molecule has 0 spiro atoms. The van der Waals surface area contributed by atoms with Crippen LogP contribution in [0.25, 0.3) is 0 Å². The average molecular weight is 417 g/mol. The number of amides is 1. The van der Waals surface area contributed by atoms with Crippen molar-refractivity contribution < 1.29 is 28.2 Å². The zero-order valence-electron chi connectivity index (χ0n) is 16.8. The van der Waals surface area contributed by atoms with Crippen molar-refractivity contribution in [2.75, 3.05) is 12.4 Å². The number of benzene rings is 2. The third-order valence-electron chi connectivity index (χ3n) is 5.29. The molecule has 3 rings (SSSR count). The Morgan fingerprint density at radius 3 is 2.70 bits per heavy atom. The van der Waals surface area contributed by atoms with Gasteiger partial charge in [-0.1, -0.05) is 12.6 Å². The van der Waals surface area contributed by atoms with Crippen molar-refractivity contribution in [3.63, 3.8) is 0 Å². The zero-order chi connectivity index (χ0) is 21.7. The molecule has 30 heavy (non-hydrogen) atoms. The van der Waals surface area contributed by atoms with E-state index in [1.54, 1.807) is 24.3 Å². The van der Waals surface area contributed by atoms with Gasteiger partial charge in [0.2, 0.25) is 5.91 Å². The number of rotatable bonds is 8. The van der Waals surface area contributed by atoms with E-state index in [9.17, 15) is 18.7 Å². The highest BCUT2D eigenvalue weighted by Crippen LogP contribution is 2.39. The van der Waals surface area contributed by atoms with Crippen molar-refractivity contribution in [2.45, 2.75) is 45.1 Å². The van der Waals surface area contributed by atoms with Gasteiger partial charge in [-0.25, -0.2) is 0 Å². The fourth-order valence-corrected chi connectivity index (χ4v) is 3.89. The summed E-state index contributed by atoms with van der Waals surface area (Å²) in [5, 5.41) is 12.5. The van der Waals surface area contributed by atoms with Crippen molar-refractivity contribution >= 4 is 11.6 Å².